The van der Waals surface area contributed by atoms with Crippen LogP contribution in [0.3, 0.4) is 0 Å². The molecule has 1 aromatic carbocycles. The lowest BCUT2D eigenvalue weighted by Crippen LogP contribution is -2.39. The lowest BCUT2D eigenvalue weighted by atomic mass is 10.1. The highest BCUT2D eigenvalue weighted by Crippen LogP contribution is 2.34. The molecule has 0 radical (unpaired) electrons. The zero-order valence-electron chi connectivity index (χ0n) is 16.6. The van der Waals surface area contributed by atoms with Crippen molar-refractivity contribution in [2.24, 2.45) is 0 Å². The van der Waals surface area contributed by atoms with Crippen molar-refractivity contribution in [3.8, 4) is 0 Å². The fourth-order valence-electron chi connectivity index (χ4n) is 3.60. The van der Waals surface area contributed by atoms with Gasteiger partial charge >= 0.3 is 0 Å². The number of carbonyl (C=O) groups excluding carboxylic acids is 1. The smallest absolute Gasteiger partial charge is 0.270 e. The number of halogens is 1. The molecule has 1 aliphatic heterocycles. The number of amides is 1. The molecule has 8 heteroatoms. The summed E-state index contributed by atoms with van der Waals surface area (Å²) in [4.78, 5) is 23.0. The molecule has 0 unspecified atom stereocenters. The van der Waals surface area contributed by atoms with Crippen LogP contribution in [0.2, 0.25) is 4.34 Å². The van der Waals surface area contributed by atoms with Crippen LogP contribution in [0.15, 0.2) is 24.3 Å². The fourth-order valence-corrected chi connectivity index (χ4v) is 5.64. The predicted octanol–water partition coefficient (Wildman–Crippen LogP) is 5.00. The molecule has 0 saturated carbocycles. The van der Waals surface area contributed by atoms with Crippen LogP contribution in [0.25, 0.3) is 10.2 Å². The number of benzene rings is 1. The van der Waals surface area contributed by atoms with E-state index in [0.29, 0.717) is 15.8 Å². The topological polar surface area (TPSA) is 45.7 Å². The first-order valence-electron chi connectivity index (χ1n) is 9.76. The van der Waals surface area contributed by atoms with Gasteiger partial charge in [0.25, 0.3) is 5.91 Å². The number of thiophene rings is 1. The van der Waals surface area contributed by atoms with E-state index >= 15 is 0 Å². The van der Waals surface area contributed by atoms with Crippen molar-refractivity contribution in [1.82, 2.24) is 9.88 Å². The molecule has 0 atom stereocenters. The van der Waals surface area contributed by atoms with Crippen molar-refractivity contribution in [2.75, 3.05) is 44.3 Å². The van der Waals surface area contributed by atoms with Crippen LogP contribution in [0.5, 0.6) is 0 Å². The van der Waals surface area contributed by atoms with E-state index in [2.05, 4.69) is 30.9 Å². The van der Waals surface area contributed by atoms with Gasteiger partial charge in [0.15, 0.2) is 5.13 Å². The van der Waals surface area contributed by atoms with Crippen LogP contribution in [0.4, 0.5) is 5.13 Å². The first kappa shape index (κ1) is 20.8. The standard InChI is InChI=1S/C21H24ClN3O2S2/c1-14-12-15(2)19-16(13-14)23-21(29-19)25(20(26)17-4-5-18(22)28-17)7-3-6-24-8-10-27-11-9-24/h4-5,12-13H,3,6-11H2,1-2H3. The third-order valence-corrected chi connectivity index (χ3v) is 7.48. The van der Waals surface area contributed by atoms with Crippen LogP contribution in [0, 0.1) is 13.8 Å². The summed E-state index contributed by atoms with van der Waals surface area (Å²) in [6, 6.07) is 7.82. The normalized spacial score (nSPS) is 15.1. The molecule has 29 heavy (non-hydrogen) atoms. The monoisotopic (exact) mass is 449 g/mol. The second kappa shape index (κ2) is 9.10. The number of hydrogen-bond donors (Lipinski definition) is 0. The van der Waals surface area contributed by atoms with E-state index in [-0.39, 0.29) is 5.91 Å². The van der Waals surface area contributed by atoms with Crippen molar-refractivity contribution in [2.45, 2.75) is 20.3 Å². The molecule has 0 bridgehead atoms. The molecule has 3 heterocycles. The highest BCUT2D eigenvalue weighted by molar-refractivity contribution is 7.22. The Labute approximate surface area is 183 Å². The molecule has 2 aromatic heterocycles. The number of anilines is 1. The van der Waals surface area contributed by atoms with E-state index in [9.17, 15) is 4.79 Å². The number of morpholine rings is 1. The third kappa shape index (κ3) is 4.81. The van der Waals surface area contributed by atoms with Crippen molar-refractivity contribution >= 4 is 55.5 Å². The van der Waals surface area contributed by atoms with Gasteiger partial charge in [-0.1, -0.05) is 29.0 Å². The minimum absolute atomic E-state index is 0.0303. The van der Waals surface area contributed by atoms with Crippen LogP contribution < -0.4 is 4.90 Å². The Hall–Kier alpha value is -1.51. The first-order chi connectivity index (χ1) is 14.0. The molecule has 154 valence electrons. The van der Waals surface area contributed by atoms with E-state index in [0.717, 1.165) is 54.6 Å². The summed E-state index contributed by atoms with van der Waals surface area (Å²) in [5.74, 6) is -0.0303. The Balaban J connectivity index is 1.58. The Kier molecular flexibility index (Phi) is 6.51. The van der Waals surface area contributed by atoms with Gasteiger partial charge in [-0.15, -0.1) is 11.3 Å². The second-order valence-electron chi connectivity index (χ2n) is 7.29. The Morgan fingerprint density at radius 2 is 2.03 bits per heavy atom. The van der Waals surface area contributed by atoms with Gasteiger partial charge in [-0.3, -0.25) is 14.6 Å². The van der Waals surface area contributed by atoms with E-state index in [1.807, 2.05) is 4.90 Å². The Bertz CT molecular complexity index is 1010. The maximum Gasteiger partial charge on any atom is 0.270 e. The average molecular weight is 450 g/mol. The average Bonchev–Trinajstić information content (AvgIpc) is 3.32. The lowest BCUT2D eigenvalue weighted by molar-refractivity contribution is 0.0376. The number of carbonyl (C=O) groups is 1. The lowest BCUT2D eigenvalue weighted by Gasteiger charge is -2.27. The Morgan fingerprint density at radius 1 is 1.24 bits per heavy atom. The van der Waals surface area contributed by atoms with Crippen LogP contribution in [0.1, 0.15) is 27.2 Å². The van der Waals surface area contributed by atoms with Gasteiger partial charge in [-0.05, 0) is 49.6 Å². The molecule has 5 nitrogen and oxygen atoms in total. The van der Waals surface area contributed by atoms with Crippen LogP contribution >= 0.6 is 34.3 Å². The summed E-state index contributed by atoms with van der Waals surface area (Å²) in [6.45, 7) is 9.22. The van der Waals surface area contributed by atoms with Gasteiger partial charge in [-0.25, -0.2) is 4.98 Å². The highest BCUT2D eigenvalue weighted by Gasteiger charge is 2.23. The summed E-state index contributed by atoms with van der Waals surface area (Å²) in [5, 5.41) is 0.755. The van der Waals surface area contributed by atoms with E-state index in [4.69, 9.17) is 21.3 Å². The summed E-state index contributed by atoms with van der Waals surface area (Å²) >= 11 is 8.99. The Morgan fingerprint density at radius 3 is 2.76 bits per heavy atom. The molecule has 1 aliphatic rings. The molecule has 1 fully saturated rings. The molecule has 0 N–H and O–H groups in total. The zero-order chi connectivity index (χ0) is 20.4. The number of ether oxygens (including phenoxy) is 1. The van der Waals surface area contributed by atoms with Crippen molar-refractivity contribution in [3.63, 3.8) is 0 Å². The van der Waals surface area contributed by atoms with E-state index < -0.39 is 0 Å². The van der Waals surface area contributed by atoms with Crippen LogP contribution in [-0.2, 0) is 4.74 Å². The van der Waals surface area contributed by atoms with Crippen molar-refractivity contribution in [1.29, 1.82) is 0 Å². The number of aryl methyl sites for hydroxylation is 2. The maximum absolute atomic E-state index is 13.3. The van der Waals surface area contributed by atoms with Gasteiger partial charge in [0.05, 0.1) is 32.6 Å². The molecule has 1 amide bonds. The molecule has 1 saturated heterocycles. The number of aromatic nitrogens is 1. The predicted molar refractivity (Wildman–Crippen MR) is 122 cm³/mol. The molecule has 3 aromatic rings. The highest BCUT2D eigenvalue weighted by atomic mass is 35.5. The van der Waals surface area contributed by atoms with E-state index in [1.165, 1.54) is 22.5 Å². The summed E-state index contributed by atoms with van der Waals surface area (Å²) in [6.07, 6.45) is 0.888. The molecule has 0 aliphatic carbocycles. The third-order valence-electron chi connectivity index (χ3n) is 5.03. The first-order valence-corrected chi connectivity index (χ1v) is 11.8. The fraction of sp³-hybridized carbons (Fsp3) is 0.429. The molecule has 4 rings (SSSR count). The van der Waals surface area contributed by atoms with Crippen molar-refractivity contribution in [3.05, 3.63) is 44.6 Å². The number of nitrogens with zero attached hydrogens (tertiary/aromatic N) is 3. The van der Waals surface area contributed by atoms with Gasteiger partial charge < -0.3 is 4.74 Å². The van der Waals surface area contributed by atoms with Crippen LogP contribution in [-0.4, -0.2) is 55.2 Å². The van der Waals surface area contributed by atoms with Gasteiger partial charge in [-0.2, -0.15) is 0 Å². The van der Waals surface area contributed by atoms with E-state index in [1.54, 1.807) is 23.5 Å². The van der Waals surface area contributed by atoms with Gasteiger partial charge in [0.2, 0.25) is 0 Å². The number of thiazole rings is 1. The summed E-state index contributed by atoms with van der Waals surface area (Å²) in [5.41, 5.74) is 3.34. The number of fused-ring (bicyclic) bond motifs is 1. The minimum Gasteiger partial charge on any atom is -0.379 e. The zero-order valence-corrected chi connectivity index (χ0v) is 19.0. The number of rotatable bonds is 6. The summed E-state index contributed by atoms with van der Waals surface area (Å²) in [7, 11) is 0. The van der Waals surface area contributed by atoms with Gasteiger partial charge in [0.1, 0.15) is 0 Å². The van der Waals surface area contributed by atoms with Gasteiger partial charge in [0, 0.05) is 26.2 Å². The molecular formula is C21H24ClN3O2S2. The summed E-state index contributed by atoms with van der Waals surface area (Å²) < 4.78 is 7.19. The SMILES string of the molecule is Cc1cc(C)c2sc(N(CCCN3CCOCC3)C(=O)c3ccc(Cl)s3)nc2c1. The molecular weight excluding hydrogens is 426 g/mol. The van der Waals surface area contributed by atoms with Crippen molar-refractivity contribution < 1.29 is 9.53 Å². The second-order valence-corrected chi connectivity index (χ2v) is 9.99. The quantitative estimate of drug-likeness (QED) is 0.531. The number of hydrogen-bond acceptors (Lipinski definition) is 6. The molecule has 0 spiro atoms. The minimum atomic E-state index is -0.0303. The maximum atomic E-state index is 13.3. The largest absolute Gasteiger partial charge is 0.379 e.